The molecule has 0 aromatic rings. The number of carboxylic acids is 2. The molecule has 0 saturated carbocycles. The van der Waals surface area contributed by atoms with Crippen LogP contribution in [0.4, 0.5) is 39.5 Å². The molecule has 0 saturated heterocycles. The largest absolute Gasteiger partial charge is 0.478 e. The summed E-state index contributed by atoms with van der Waals surface area (Å²) >= 11 is 0. The average molecular weight is 382 g/mol. The Bertz CT molecular complexity index is 532. The van der Waals surface area contributed by atoms with Crippen molar-refractivity contribution in [3.8, 4) is 0 Å². The molecule has 0 aromatic heterocycles. The predicted molar refractivity (Wildman–Crippen MR) is 47.2 cm³/mol. The van der Waals surface area contributed by atoms with E-state index in [2.05, 4.69) is 4.74 Å². The first-order valence-corrected chi connectivity index (χ1v) is 4.89. The van der Waals surface area contributed by atoms with Crippen molar-refractivity contribution in [2.45, 2.75) is 29.7 Å². The number of hydrogen-bond acceptors (Lipinski definition) is 5. The van der Waals surface area contributed by atoms with Gasteiger partial charge in [-0.3, -0.25) is 0 Å². The van der Waals surface area contributed by atoms with Gasteiger partial charge in [0.15, 0.2) is 0 Å². The van der Waals surface area contributed by atoms with Gasteiger partial charge in [0, 0.05) is 0 Å². The van der Waals surface area contributed by atoms with Crippen LogP contribution in [-0.4, -0.2) is 63.0 Å². The summed E-state index contributed by atoms with van der Waals surface area (Å²) in [6, 6.07) is 0. The van der Waals surface area contributed by atoms with E-state index in [4.69, 9.17) is 15.3 Å². The van der Waals surface area contributed by atoms with E-state index < -0.39 is 47.6 Å². The molecule has 0 fully saturated rings. The summed E-state index contributed by atoms with van der Waals surface area (Å²) in [5.74, 6) is -10.8. The van der Waals surface area contributed by atoms with Gasteiger partial charge in [0.1, 0.15) is 0 Å². The molecular weight excluding hydrogens is 379 g/mol. The first kappa shape index (κ1) is 21.7. The summed E-state index contributed by atoms with van der Waals surface area (Å²) in [7, 11) is 0. The van der Waals surface area contributed by atoms with Gasteiger partial charge in [-0.05, 0) is 0 Å². The summed E-state index contributed by atoms with van der Waals surface area (Å²) < 4.78 is 116. The second-order valence-corrected chi connectivity index (χ2v) is 3.88. The maximum Gasteiger partial charge on any atom is 0.443 e. The number of hydrogen-bond donors (Lipinski definition) is 3. The second-order valence-electron chi connectivity index (χ2n) is 3.88. The van der Waals surface area contributed by atoms with Crippen LogP contribution < -0.4 is 0 Å². The highest BCUT2D eigenvalue weighted by molar-refractivity contribution is 6.29. The molecule has 0 bridgehead atoms. The molecule has 1 unspecified atom stereocenters. The molecule has 0 rings (SSSR count). The lowest BCUT2D eigenvalue weighted by Crippen LogP contribution is -2.80. The number of alkyl halides is 9. The van der Waals surface area contributed by atoms with Crippen LogP contribution in [0.25, 0.3) is 0 Å². The van der Waals surface area contributed by atoms with Gasteiger partial charge >= 0.3 is 47.6 Å². The fourth-order valence-electron chi connectivity index (χ4n) is 1.40. The molecule has 0 aliphatic heterocycles. The maximum atomic E-state index is 12.8. The maximum absolute atomic E-state index is 12.8. The Kier molecular flexibility index (Phi) is 5.14. The van der Waals surface area contributed by atoms with Crippen LogP contribution in [0.2, 0.25) is 0 Å². The number of ether oxygens (including phenoxy) is 1. The third kappa shape index (κ3) is 2.92. The summed E-state index contributed by atoms with van der Waals surface area (Å²) in [6.45, 7) is 0. The number of carbonyl (C=O) groups excluding carboxylic acids is 1. The standard InChI is InChI=1S/C8H3F9O7/c9-6(10,11)4(3(21)22,24-2(20)1(18)19)5(23,7(12,13)14)8(15,16)17/h23H,(H,18,19)(H,21,22). The number of aliphatic hydroxyl groups is 1. The number of aliphatic carboxylic acids is 2. The highest BCUT2D eigenvalue weighted by Crippen LogP contribution is 2.56. The third-order valence-corrected chi connectivity index (χ3v) is 2.45. The van der Waals surface area contributed by atoms with Gasteiger partial charge < -0.3 is 20.1 Å². The van der Waals surface area contributed by atoms with Crippen molar-refractivity contribution in [2.75, 3.05) is 0 Å². The molecule has 0 aromatic carbocycles. The Morgan fingerprint density at radius 3 is 1.21 bits per heavy atom. The van der Waals surface area contributed by atoms with E-state index in [1.165, 1.54) is 0 Å². The third-order valence-electron chi connectivity index (χ3n) is 2.45. The quantitative estimate of drug-likeness (QED) is 0.376. The van der Waals surface area contributed by atoms with Gasteiger partial charge in [0.25, 0.3) is 0 Å². The molecule has 0 heterocycles. The van der Waals surface area contributed by atoms with Crippen molar-refractivity contribution < 1.29 is 74.0 Å². The molecule has 16 heteroatoms. The Hall–Kier alpha value is -2.26. The highest BCUT2D eigenvalue weighted by atomic mass is 19.4. The van der Waals surface area contributed by atoms with Crippen molar-refractivity contribution in [3.05, 3.63) is 0 Å². The van der Waals surface area contributed by atoms with E-state index in [1.54, 1.807) is 0 Å². The Labute approximate surface area is 123 Å². The van der Waals surface area contributed by atoms with Crippen LogP contribution in [-0.2, 0) is 19.1 Å². The van der Waals surface area contributed by atoms with Gasteiger partial charge in [-0.15, -0.1) is 0 Å². The Balaban J connectivity index is 7.08. The van der Waals surface area contributed by atoms with E-state index in [0.717, 1.165) is 0 Å². The molecule has 0 spiro atoms. The molecule has 3 N–H and O–H groups in total. The van der Waals surface area contributed by atoms with Crippen LogP contribution in [0.1, 0.15) is 0 Å². The Morgan fingerprint density at radius 2 is 1.04 bits per heavy atom. The minimum Gasteiger partial charge on any atom is -0.478 e. The summed E-state index contributed by atoms with van der Waals surface area (Å²) in [4.78, 5) is 31.3. The number of rotatable bonds is 3. The predicted octanol–water partition coefficient (Wildman–Crippen LogP) is 0.856. The molecule has 0 radical (unpaired) electrons. The molecule has 0 aliphatic carbocycles. The molecule has 24 heavy (non-hydrogen) atoms. The normalized spacial score (nSPS) is 16.2. The lowest BCUT2D eigenvalue weighted by Gasteiger charge is -2.44. The highest BCUT2D eigenvalue weighted by Gasteiger charge is 2.92. The molecule has 0 amide bonds. The average Bonchev–Trinajstić information content (AvgIpc) is 2.29. The van der Waals surface area contributed by atoms with Gasteiger partial charge in [0.2, 0.25) is 0 Å². The van der Waals surface area contributed by atoms with Crippen LogP contribution in [0.15, 0.2) is 0 Å². The van der Waals surface area contributed by atoms with E-state index in [-0.39, 0.29) is 0 Å². The fourth-order valence-corrected chi connectivity index (χ4v) is 1.40. The van der Waals surface area contributed by atoms with E-state index >= 15 is 0 Å². The van der Waals surface area contributed by atoms with Gasteiger partial charge in [0.05, 0.1) is 0 Å². The first-order chi connectivity index (χ1) is 10.3. The number of halogens is 9. The smallest absolute Gasteiger partial charge is 0.443 e. The van der Waals surface area contributed by atoms with Crippen LogP contribution >= 0.6 is 0 Å². The molecule has 140 valence electrons. The number of carboxylic acid groups (broad SMARTS) is 2. The van der Waals surface area contributed by atoms with Crippen molar-refractivity contribution in [2.24, 2.45) is 0 Å². The van der Waals surface area contributed by atoms with Gasteiger partial charge in [-0.2, -0.15) is 39.5 Å². The molecular formula is C8H3F9O7. The second kappa shape index (κ2) is 5.67. The number of esters is 1. The fraction of sp³-hybridized carbons (Fsp3) is 0.625. The minimum atomic E-state index is -7.40. The van der Waals surface area contributed by atoms with Crippen LogP contribution in [0.3, 0.4) is 0 Å². The lowest BCUT2D eigenvalue weighted by molar-refractivity contribution is -0.441. The van der Waals surface area contributed by atoms with Crippen molar-refractivity contribution in [1.82, 2.24) is 0 Å². The van der Waals surface area contributed by atoms with Gasteiger partial charge in [-0.1, -0.05) is 0 Å². The summed E-state index contributed by atoms with van der Waals surface area (Å²) in [5.41, 5.74) is -14.0. The number of carbonyl (C=O) groups is 3. The zero-order chi connectivity index (χ0) is 19.9. The lowest BCUT2D eigenvalue weighted by atomic mass is 9.80. The van der Waals surface area contributed by atoms with E-state index in [1.807, 2.05) is 0 Å². The summed E-state index contributed by atoms with van der Waals surface area (Å²) in [6.07, 6.45) is -22.1. The summed E-state index contributed by atoms with van der Waals surface area (Å²) in [5, 5.41) is 25.0. The first-order valence-electron chi connectivity index (χ1n) is 4.89. The molecule has 1 atom stereocenters. The molecule has 7 nitrogen and oxygen atoms in total. The van der Waals surface area contributed by atoms with Gasteiger partial charge in [-0.25, -0.2) is 14.4 Å². The van der Waals surface area contributed by atoms with Crippen LogP contribution in [0.5, 0.6) is 0 Å². The van der Waals surface area contributed by atoms with Crippen molar-refractivity contribution in [1.29, 1.82) is 0 Å². The van der Waals surface area contributed by atoms with Crippen molar-refractivity contribution >= 4 is 17.9 Å². The molecule has 0 aliphatic rings. The monoisotopic (exact) mass is 382 g/mol. The Morgan fingerprint density at radius 1 is 0.708 bits per heavy atom. The zero-order valence-electron chi connectivity index (χ0n) is 10.4. The van der Waals surface area contributed by atoms with E-state index in [9.17, 15) is 53.9 Å². The topological polar surface area (TPSA) is 121 Å². The van der Waals surface area contributed by atoms with E-state index in [0.29, 0.717) is 0 Å². The minimum absolute atomic E-state index is 2.49. The zero-order valence-corrected chi connectivity index (χ0v) is 10.4. The van der Waals surface area contributed by atoms with Crippen LogP contribution in [0, 0.1) is 0 Å². The van der Waals surface area contributed by atoms with Crippen molar-refractivity contribution in [3.63, 3.8) is 0 Å². The SMILES string of the molecule is O=C(O)C(=O)OC(C(=O)O)(C(F)(F)F)C(O)(C(F)(F)F)C(F)(F)F.